The van der Waals surface area contributed by atoms with Crippen molar-refractivity contribution in [1.29, 1.82) is 0 Å². The van der Waals surface area contributed by atoms with Crippen LogP contribution in [0.4, 0.5) is 5.69 Å². The van der Waals surface area contributed by atoms with Crippen LogP contribution in [0, 0.1) is 13.8 Å². The summed E-state index contributed by atoms with van der Waals surface area (Å²) in [4.78, 5) is 23.9. The molecule has 1 aromatic heterocycles. The molecule has 2 aromatic rings. The molecule has 3 N–H and O–H groups in total. The number of rotatable bonds is 3. The molecular formula is C14H15ClN4O2. The Morgan fingerprint density at radius 1 is 1.24 bits per heavy atom. The van der Waals surface area contributed by atoms with Gasteiger partial charge in [-0.15, -0.1) is 0 Å². The Balaban J connectivity index is 2.28. The summed E-state index contributed by atoms with van der Waals surface area (Å²) >= 11 is 5.97. The van der Waals surface area contributed by atoms with E-state index in [0.717, 1.165) is 0 Å². The highest BCUT2D eigenvalue weighted by Gasteiger charge is 2.16. The molecule has 2 rings (SSSR count). The zero-order chi connectivity index (χ0) is 15.6. The van der Waals surface area contributed by atoms with Crippen LogP contribution in [0.2, 0.25) is 5.02 Å². The Kier molecular flexibility index (Phi) is 4.28. The Bertz CT molecular complexity index is 689. The third-order valence-electron chi connectivity index (χ3n) is 3.05. The number of halogens is 1. The molecule has 6 nitrogen and oxygen atoms in total. The van der Waals surface area contributed by atoms with Gasteiger partial charge in [0.05, 0.1) is 21.8 Å². The first-order chi connectivity index (χ1) is 9.93. The van der Waals surface area contributed by atoms with Gasteiger partial charge in [-0.3, -0.25) is 14.7 Å². The number of hydrogen-bond donors (Lipinski definition) is 3. The minimum absolute atomic E-state index is 0.288. The Morgan fingerprint density at radius 3 is 2.52 bits per heavy atom. The van der Waals surface area contributed by atoms with Gasteiger partial charge < -0.3 is 10.6 Å². The third-order valence-corrected chi connectivity index (χ3v) is 3.38. The SMILES string of the molecule is CNC(=O)c1cc(NC(=O)c2c(C)n[nH]c2C)ccc1Cl. The maximum absolute atomic E-state index is 12.2. The van der Waals surface area contributed by atoms with Gasteiger partial charge in [0, 0.05) is 18.4 Å². The number of carbonyl (C=O) groups is 2. The number of nitrogens with zero attached hydrogens (tertiary/aromatic N) is 1. The van der Waals surface area contributed by atoms with E-state index < -0.39 is 0 Å². The number of anilines is 1. The van der Waals surface area contributed by atoms with Crippen LogP contribution in [0.25, 0.3) is 0 Å². The average Bonchev–Trinajstić information content (AvgIpc) is 2.79. The highest BCUT2D eigenvalue weighted by molar-refractivity contribution is 6.34. The van der Waals surface area contributed by atoms with Crippen LogP contribution in [0.3, 0.4) is 0 Å². The molecule has 0 aliphatic carbocycles. The second kappa shape index (κ2) is 5.97. The van der Waals surface area contributed by atoms with E-state index in [1.54, 1.807) is 26.0 Å². The van der Waals surface area contributed by atoms with Crippen molar-refractivity contribution < 1.29 is 9.59 Å². The number of carbonyl (C=O) groups excluding carboxylic acids is 2. The average molecular weight is 307 g/mol. The molecule has 2 amide bonds. The van der Waals surface area contributed by atoms with Crippen molar-refractivity contribution in [3.05, 3.63) is 45.7 Å². The number of aromatic nitrogens is 2. The maximum atomic E-state index is 12.2. The van der Waals surface area contributed by atoms with Gasteiger partial charge in [-0.2, -0.15) is 5.10 Å². The lowest BCUT2D eigenvalue weighted by Crippen LogP contribution is -2.19. The van der Waals surface area contributed by atoms with Crippen LogP contribution in [-0.4, -0.2) is 29.1 Å². The van der Waals surface area contributed by atoms with Crippen LogP contribution >= 0.6 is 11.6 Å². The largest absolute Gasteiger partial charge is 0.355 e. The lowest BCUT2D eigenvalue weighted by atomic mass is 10.1. The lowest BCUT2D eigenvalue weighted by Gasteiger charge is -2.08. The fraction of sp³-hybridized carbons (Fsp3) is 0.214. The van der Waals surface area contributed by atoms with Crippen LogP contribution in [0.1, 0.15) is 32.1 Å². The van der Waals surface area contributed by atoms with Crippen molar-refractivity contribution in [3.63, 3.8) is 0 Å². The van der Waals surface area contributed by atoms with Crippen molar-refractivity contribution in [1.82, 2.24) is 15.5 Å². The van der Waals surface area contributed by atoms with Gasteiger partial charge in [-0.1, -0.05) is 11.6 Å². The van der Waals surface area contributed by atoms with E-state index >= 15 is 0 Å². The first-order valence-corrected chi connectivity index (χ1v) is 6.66. The summed E-state index contributed by atoms with van der Waals surface area (Å²) in [5.41, 5.74) is 2.59. The predicted octanol–water partition coefficient (Wildman–Crippen LogP) is 2.29. The second-order valence-corrected chi connectivity index (χ2v) is 4.94. The summed E-state index contributed by atoms with van der Waals surface area (Å²) in [5.74, 6) is -0.601. The van der Waals surface area contributed by atoms with Crippen LogP contribution in [-0.2, 0) is 0 Å². The number of nitrogens with one attached hydrogen (secondary N) is 3. The minimum Gasteiger partial charge on any atom is -0.355 e. The van der Waals surface area contributed by atoms with E-state index in [2.05, 4.69) is 20.8 Å². The van der Waals surface area contributed by atoms with Crippen LogP contribution in [0.5, 0.6) is 0 Å². The normalized spacial score (nSPS) is 10.3. The van der Waals surface area contributed by atoms with Gasteiger partial charge in [0.1, 0.15) is 0 Å². The molecule has 0 radical (unpaired) electrons. The molecule has 0 aliphatic heterocycles. The topological polar surface area (TPSA) is 86.9 Å². The highest BCUT2D eigenvalue weighted by Crippen LogP contribution is 2.21. The number of benzene rings is 1. The number of aryl methyl sites for hydroxylation is 2. The molecule has 0 spiro atoms. The highest BCUT2D eigenvalue weighted by atomic mass is 35.5. The van der Waals surface area contributed by atoms with Crippen LogP contribution in [0.15, 0.2) is 18.2 Å². The number of hydrogen-bond acceptors (Lipinski definition) is 3. The van der Waals surface area contributed by atoms with Gasteiger partial charge in [-0.05, 0) is 32.0 Å². The smallest absolute Gasteiger partial charge is 0.259 e. The van der Waals surface area contributed by atoms with E-state index in [9.17, 15) is 9.59 Å². The molecule has 1 heterocycles. The number of aromatic amines is 1. The number of H-pyrrole nitrogens is 1. The summed E-state index contributed by atoms with van der Waals surface area (Å²) in [7, 11) is 1.52. The van der Waals surface area contributed by atoms with E-state index in [0.29, 0.717) is 33.2 Å². The molecule has 0 bridgehead atoms. The summed E-state index contributed by atoms with van der Waals surface area (Å²) in [5, 5.41) is 12.3. The summed E-state index contributed by atoms with van der Waals surface area (Å²) in [6.07, 6.45) is 0. The van der Waals surface area contributed by atoms with Crippen molar-refractivity contribution in [2.24, 2.45) is 0 Å². The van der Waals surface area contributed by atoms with Gasteiger partial charge >= 0.3 is 0 Å². The molecule has 0 fully saturated rings. The molecule has 21 heavy (non-hydrogen) atoms. The van der Waals surface area contributed by atoms with Crippen molar-refractivity contribution >= 4 is 29.1 Å². The standard InChI is InChI=1S/C14H15ClN4O2/c1-7-12(8(2)19-18-7)14(21)17-9-4-5-11(15)10(6-9)13(20)16-3/h4-6H,1-3H3,(H,16,20)(H,17,21)(H,18,19). The minimum atomic E-state index is -0.313. The first kappa shape index (κ1) is 15.1. The van der Waals surface area contributed by atoms with Crippen LogP contribution < -0.4 is 10.6 Å². The number of amides is 2. The summed E-state index contributed by atoms with van der Waals surface area (Å²) < 4.78 is 0. The zero-order valence-electron chi connectivity index (χ0n) is 11.9. The summed E-state index contributed by atoms with van der Waals surface area (Å²) in [6, 6.07) is 4.73. The monoisotopic (exact) mass is 306 g/mol. The Morgan fingerprint density at radius 2 is 1.95 bits per heavy atom. The molecule has 0 aliphatic rings. The molecule has 7 heteroatoms. The maximum Gasteiger partial charge on any atom is 0.259 e. The molecule has 1 aromatic carbocycles. The van der Waals surface area contributed by atoms with Gasteiger partial charge in [0.15, 0.2) is 0 Å². The van der Waals surface area contributed by atoms with E-state index in [1.807, 2.05) is 0 Å². The van der Waals surface area contributed by atoms with E-state index in [-0.39, 0.29) is 11.8 Å². The quantitative estimate of drug-likeness (QED) is 0.813. The fourth-order valence-electron chi connectivity index (χ4n) is 1.99. The van der Waals surface area contributed by atoms with E-state index in [1.165, 1.54) is 13.1 Å². The first-order valence-electron chi connectivity index (χ1n) is 6.28. The fourth-order valence-corrected chi connectivity index (χ4v) is 2.19. The molecule has 110 valence electrons. The lowest BCUT2D eigenvalue weighted by molar-refractivity contribution is 0.0961. The van der Waals surface area contributed by atoms with Crippen molar-refractivity contribution in [2.75, 3.05) is 12.4 Å². The Labute approximate surface area is 126 Å². The van der Waals surface area contributed by atoms with Gasteiger partial charge in [0.2, 0.25) is 0 Å². The summed E-state index contributed by atoms with van der Waals surface area (Å²) in [6.45, 7) is 3.52. The van der Waals surface area contributed by atoms with Crippen molar-refractivity contribution in [3.8, 4) is 0 Å². The second-order valence-electron chi connectivity index (χ2n) is 4.54. The molecule has 0 saturated heterocycles. The molecule has 0 saturated carbocycles. The predicted molar refractivity (Wildman–Crippen MR) is 80.9 cm³/mol. The van der Waals surface area contributed by atoms with Gasteiger partial charge in [0.25, 0.3) is 11.8 Å². The molecule has 0 atom stereocenters. The zero-order valence-corrected chi connectivity index (χ0v) is 12.6. The molecular weight excluding hydrogens is 292 g/mol. The van der Waals surface area contributed by atoms with Gasteiger partial charge in [-0.25, -0.2) is 0 Å². The van der Waals surface area contributed by atoms with E-state index in [4.69, 9.17) is 11.6 Å². The Hall–Kier alpha value is -2.34. The molecule has 0 unspecified atom stereocenters. The third kappa shape index (κ3) is 3.05. The van der Waals surface area contributed by atoms with Crippen molar-refractivity contribution in [2.45, 2.75) is 13.8 Å².